The number of para-hydroxylation sites is 1. The maximum atomic E-state index is 12.7. The molecule has 27 heavy (non-hydrogen) atoms. The zero-order valence-electron chi connectivity index (χ0n) is 15.7. The second-order valence-electron chi connectivity index (χ2n) is 7.01. The Morgan fingerprint density at radius 3 is 2.67 bits per heavy atom. The second kappa shape index (κ2) is 9.74. The fourth-order valence-electron chi connectivity index (χ4n) is 3.55. The van der Waals surface area contributed by atoms with Crippen LogP contribution in [0, 0.1) is 0 Å². The zero-order chi connectivity index (χ0) is 19.1. The van der Waals surface area contributed by atoms with Crippen molar-refractivity contribution in [1.82, 2.24) is 14.9 Å². The van der Waals surface area contributed by atoms with Crippen LogP contribution in [0.3, 0.4) is 0 Å². The fraction of sp³-hybridized carbons (Fsp3) is 0.476. The van der Waals surface area contributed by atoms with E-state index in [1.807, 2.05) is 18.2 Å². The lowest BCUT2D eigenvalue weighted by atomic mass is 9.97. The van der Waals surface area contributed by atoms with Gasteiger partial charge in [-0.2, -0.15) is 0 Å². The Morgan fingerprint density at radius 1 is 1.22 bits per heavy atom. The van der Waals surface area contributed by atoms with E-state index in [4.69, 9.17) is 0 Å². The summed E-state index contributed by atoms with van der Waals surface area (Å²) in [6.07, 6.45) is 10.00. The average molecular weight is 386 g/mol. The highest BCUT2D eigenvalue weighted by atomic mass is 32.2. The molecule has 0 atom stereocenters. The molecule has 0 unspecified atom stereocenters. The van der Waals surface area contributed by atoms with Gasteiger partial charge in [0.25, 0.3) is 5.56 Å². The standard InChI is InChI=1S/C21H27N3O2S/c1-2-14-24-20(26)17-12-8-9-13-18(17)23-21(24)27-15-19(25)22-16-10-6-4-3-5-7-11-16/h2,8-9,12-13,16H,1,3-7,10-11,14-15H2,(H,22,25). The van der Waals surface area contributed by atoms with Gasteiger partial charge in [-0.15, -0.1) is 6.58 Å². The van der Waals surface area contributed by atoms with Crippen LogP contribution < -0.4 is 10.9 Å². The maximum absolute atomic E-state index is 12.7. The van der Waals surface area contributed by atoms with Gasteiger partial charge in [-0.1, -0.05) is 62.1 Å². The third-order valence-electron chi connectivity index (χ3n) is 4.94. The number of hydrogen-bond donors (Lipinski definition) is 1. The SMILES string of the molecule is C=CCn1c(SCC(=O)NC2CCCCCCC2)nc2ccccc2c1=O. The smallest absolute Gasteiger partial charge is 0.262 e. The lowest BCUT2D eigenvalue weighted by Gasteiger charge is -2.21. The van der Waals surface area contributed by atoms with E-state index in [2.05, 4.69) is 16.9 Å². The number of rotatable bonds is 6. The summed E-state index contributed by atoms with van der Waals surface area (Å²) in [5.74, 6) is 0.274. The van der Waals surface area contributed by atoms with Crippen molar-refractivity contribution in [2.75, 3.05) is 5.75 Å². The van der Waals surface area contributed by atoms with E-state index < -0.39 is 0 Å². The summed E-state index contributed by atoms with van der Waals surface area (Å²) in [6.45, 7) is 4.11. The van der Waals surface area contributed by atoms with Crippen LogP contribution in [0.2, 0.25) is 0 Å². The van der Waals surface area contributed by atoms with Gasteiger partial charge in [0.2, 0.25) is 5.91 Å². The number of aromatic nitrogens is 2. The van der Waals surface area contributed by atoms with Gasteiger partial charge in [0.05, 0.1) is 16.7 Å². The first-order valence-corrected chi connectivity index (χ1v) is 10.7. The highest BCUT2D eigenvalue weighted by Crippen LogP contribution is 2.19. The number of thioether (sulfide) groups is 1. The van der Waals surface area contributed by atoms with Gasteiger partial charge in [0, 0.05) is 12.6 Å². The summed E-state index contributed by atoms with van der Waals surface area (Å²) in [5.41, 5.74) is 0.564. The van der Waals surface area contributed by atoms with Crippen molar-refractivity contribution in [1.29, 1.82) is 0 Å². The van der Waals surface area contributed by atoms with E-state index in [1.165, 1.54) is 43.9 Å². The zero-order valence-corrected chi connectivity index (χ0v) is 16.5. The third kappa shape index (κ3) is 5.22. The molecule has 1 amide bonds. The highest BCUT2D eigenvalue weighted by molar-refractivity contribution is 7.99. The van der Waals surface area contributed by atoms with Gasteiger partial charge < -0.3 is 5.32 Å². The van der Waals surface area contributed by atoms with Crippen LogP contribution >= 0.6 is 11.8 Å². The molecule has 5 nitrogen and oxygen atoms in total. The molecule has 0 bridgehead atoms. The van der Waals surface area contributed by atoms with Crippen molar-refractivity contribution in [2.45, 2.75) is 62.7 Å². The van der Waals surface area contributed by atoms with Crippen molar-refractivity contribution in [3.05, 3.63) is 47.3 Å². The quantitative estimate of drug-likeness (QED) is 0.465. The molecule has 0 radical (unpaired) electrons. The first-order valence-electron chi connectivity index (χ1n) is 9.71. The summed E-state index contributed by atoms with van der Waals surface area (Å²) in [5, 5.41) is 4.31. The Labute approximate surface area is 164 Å². The van der Waals surface area contributed by atoms with Crippen molar-refractivity contribution < 1.29 is 4.79 Å². The Balaban J connectivity index is 1.70. The van der Waals surface area contributed by atoms with E-state index in [1.54, 1.807) is 16.7 Å². The average Bonchev–Trinajstić information content (AvgIpc) is 2.65. The minimum absolute atomic E-state index is 0.0122. The van der Waals surface area contributed by atoms with Crippen LogP contribution in [0.4, 0.5) is 0 Å². The molecule has 0 saturated heterocycles. The molecule has 144 valence electrons. The predicted molar refractivity (Wildman–Crippen MR) is 111 cm³/mol. The minimum Gasteiger partial charge on any atom is -0.353 e. The van der Waals surface area contributed by atoms with Gasteiger partial charge in [-0.3, -0.25) is 14.2 Å². The molecular formula is C21H27N3O2S. The normalized spacial score (nSPS) is 15.9. The van der Waals surface area contributed by atoms with Gasteiger partial charge >= 0.3 is 0 Å². The Morgan fingerprint density at radius 2 is 1.93 bits per heavy atom. The molecule has 1 aliphatic rings. The van der Waals surface area contributed by atoms with Gasteiger partial charge in [0.1, 0.15) is 0 Å². The predicted octanol–water partition coefficient (Wildman–Crippen LogP) is 3.90. The Kier molecular flexibility index (Phi) is 7.10. The van der Waals surface area contributed by atoms with Crippen molar-refractivity contribution >= 4 is 28.6 Å². The number of amides is 1. The number of allylic oxidation sites excluding steroid dienone is 1. The topological polar surface area (TPSA) is 64.0 Å². The lowest BCUT2D eigenvalue weighted by molar-refractivity contribution is -0.119. The second-order valence-corrected chi connectivity index (χ2v) is 7.96. The summed E-state index contributed by atoms with van der Waals surface area (Å²) in [6, 6.07) is 7.58. The van der Waals surface area contributed by atoms with E-state index in [0.29, 0.717) is 22.6 Å². The summed E-state index contributed by atoms with van der Waals surface area (Å²) >= 11 is 1.31. The molecule has 1 saturated carbocycles. The molecular weight excluding hydrogens is 358 g/mol. The number of nitrogens with zero attached hydrogens (tertiary/aromatic N) is 2. The molecule has 0 spiro atoms. The van der Waals surface area contributed by atoms with Crippen molar-refractivity contribution in [2.24, 2.45) is 0 Å². The van der Waals surface area contributed by atoms with E-state index in [0.717, 1.165) is 12.8 Å². The Hall–Kier alpha value is -2.08. The van der Waals surface area contributed by atoms with Crippen LogP contribution in [0.15, 0.2) is 46.9 Å². The fourth-order valence-corrected chi connectivity index (χ4v) is 4.37. The molecule has 1 heterocycles. The van der Waals surface area contributed by atoms with Gasteiger partial charge in [-0.05, 0) is 25.0 Å². The molecule has 1 N–H and O–H groups in total. The van der Waals surface area contributed by atoms with Gasteiger partial charge in [-0.25, -0.2) is 4.98 Å². The number of benzene rings is 1. The third-order valence-corrected chi connectivity index (χ3v) is 5.92. The van der Waals surface area contributed by atoms with Crippen LogP contribution in [-0.4, -0.2) is 27.3 Å². The molecule has 1 aliphatic carbocycles. The first kappa shape index (κ1) is 19.7. The minimum atomic E-state index is -0.0940. The highest BCUT2D eigenvalue weighted by Gasteiger charge is 2.16. The van der Waals surface area contributed by atoms with E-state index in [-0.39, 0.29) is 23.3 Å². The Bertz CT molecular complexity index is 854. The molecule has 6 heteroatoms. The molecule has 1 aromatic carbocycles. The van der Waals surface area contributed by atoms with Gasteiger partial charge in [0.15, 0.2) is 5.16 Å². The summed E-state index contributed by atoms with van der Waals surface area (Å²) in [4.78, 5) is 29.8. The first-order chi connectivity index (χ1) is 13.2. The van der Waals surface area contributed by atoms with Crippen LogP contribution in [0.5, 0.6) is 0 Å². The molecule has 2 aromatic rings. The number of nitrogens with one attached hydrogen (secondary N) is 1. The van der Waals surface area contributed by atoms with Crippen LogP contribution in [-0.2, 0) is 11.3 Å². The number of fused-ring (bicyclic) bond motifs is 1. The molecule has 0 aliphatic heterocycles. The van der Waals surface area contributed by atoms with E-state index in [9.17, 15) is 9.59 Å². The monoisotopic (exact) mass is 385 g/mol. The maximum Gasteiger partial charge on any atom is 0.262 e. The number of hydrogen-bond acceptors (Lipinski definition) is 4. The van der Waals surface area contributed by atoms with Crippen LogP contribution in [0.25, 0.3) is 10.9 Å². The number of carbonyl (C=O) groups is 1. The molecule has 1 fully saturated rings. The van der Waals surface area contributed by atoms with Crippen molar-refractivity contribution in [3.8, 4) is 0 Å². The van der Waals surface area contributed by atoms with Crippen LogP contribution in [0.1, 0.15) is 44.9 Å². The largest absolute Gasteiger partial charge is 0.353 e. The number of carbonyl (C=O) groups excluding carboxylic acids is 1. The summed E-state index contributed by atoms with van der Waals surface area (Å²) in [7, 11) is 0. The molecule has 1 aromatic heterocycles. The van der Waals surface area contributed by atoms with Crippen molar-refractivity contribution in [3.63, 3.8) is 0 Å². The lowest BCUT2D eigenvalue weighted by Crippen LogP contribution is -2.36. The van der Waals surface area contributed by atoms with E-state index >= 15 is 0 Å². The summed E-state index contributed by atoms with van der Waals surface area (Å²) < 4.78 is 1.59. The molecule has 3 rings (SSSR count).